The molecule has 0 atom stereocenters. The summed E-state index contributed by atoms with van der Waals surface area (Å²) in [5.74, 6) is 0. The molecule has 2 heteroatoms. The van der Waals surface area contributed by atoms with Gasteiger partial charge in [0.25, 0.3) is 0 Å². The van der Waals surface area contributed by atoms with Crippen molar-refractivity contribution in [2.24, 2.45) is 0 Å². The Balaban J connectivity index is 1.17. The summed E-state index contributed by atoms with van der Waals surface area (Å²) in [5, 5.41) is 2.27. The lowest BCUT2D eigenvalue weighted by molar-refractivity contribution is 0.660. The van der Waals surface area contributed by atoms with E-state index in [1.54, 1.807) is 0 Å². The van der Waals surface area contributed by atoms with Gasteiger partial charge in [0.05, 0.1) is 17.1 Å². The number of fused-ring (bicyclic) bond motifs is 9. The molecule has 0 radical (unpaired) electrons. The van der Waals surface area contributed by atoms with Gasteiger partial charge in [-0.3, -0.25) is 0 Å². The number of para-hydroxylation sites is 3. The van der Waals surface area contributed by atoms with Gasteiger partial charge in [-0.05, 0) is 92.5 Å². The molecule has 0 N–H and O–H groups in total. The molecule has 11 rings (SSSR count). The Labute approximate surface area is 328 Å². The lowest BCUT2D eigenvalue weighted by Gasteiger charge is -2.32. The van der Waals surface area contributed by atoms with Gasteiger partial charge in [0.15, 0.2) is 0 Å². The Kier molecular flexibility index (Phi) is 6.98. The van der Waals surface area contributed by atoms with Crippen LogP contribution in [0, 0.1) is 0 Å². The van der Waals surface area contributed by atoms with E-state index in [2.05, 4.69) is 202 Å². The third-order valence-corrected chi connectivity index (χ3v) is 12.7. The Morgan fingerprint density at radius 1 is 0.357 bits per heavy atom. The fraction of sp³-hybridized carbons (Fsp3) is 0.111. The second kappa shape index (κ2) is 11.9. The van der Waals surface area contributed by atoms with Crippen molar-refractivity contribution in [3.63, 3.8) is 0 Å². The highest BCUT2D eigenvalue weighted by molar-refractivity contribution is 6.07. The minimum atomic E-state index is -0.140. The van der Waals surface area contributed by atoms with Crippen LogP contribution >= 0.6 is 0 Å². The monoisotopic (exact) mass is 719 g/mol. The van der Waals surface area contributed by atoms with Crippen LogP contribution in [0.1, 0.15) is 49.9 Å². The van der Waals surface area contributed by atoms with Crippen molar-refractivity contribution in [1.29, 1.82) is 0 Å². The topological polar surface area (TPSA) is 16.4 Å². The van der Waals surface area contributed by atoms with Gasteiger partial charge in [-0.2, -0.15) is 0 Å². The Morgan fingerprint density at radius 3 is 1.61 bits per heavy atom. The number of anilines is 3. The van der Waals surface area contributed by atoms with Crippen molar-refractivity contribution in [3.05, 3.63) is 198 Å². The zero-order chi connectivity index (χ0) is 37.8. The van der Waals surface area contributed by atoms with Crippen molar-refractivity contribution in [1.82, 2.24) is 0 Å². The van der Waals surface area contributed by atoms with Crippen molar-refractivity contribution in [3.8, 4) is 44.5 Å². The maximum Gasteiger partial charge on any atom is 0.136 e. The number of hydrogen-bond donors (Lipinski definition) is 0. The molecule has 0 unspecified atom stereocenters. The van der Waals surface area contributed by atoms with Crippen molar-refractivity contribution >= 4 is 39.0 Å². The van der Waals surface area contributed by atoms with Crippen molar-refractivity contribution in [2.75, 3.05) is 4.90 Å². The standard InChI is InChI=1S/C54H41NO/c1-53(2)43-21-10-5-18-38(43)42-32-34(29-31-45(42)53)36-16-7-12-24-47(36)55(49-26-15-23-46-52(49)41-20-6-11-22-44(41)54(46,3)4)48-25-13-8-17-37(48)35-28-30-40-39-19-9-14-27-50(39)56-51(40)33-35/h5-33H,1-4H3. The number of benzene rings is 8. The van der Waals surface area contributed by atoms with E-state index in [0.29, 0.717) is 0 Å². The quantitative estimate of drug-likeness (QED) is 0.176. The first-order valence-electron chi connectivity index (χ1n) is 19.7. The van der Waals surface area contributed by atoms with Gasteiger partial charge in [0, 0.05) is 38.3 Å². The van der Waals surface area contributed by atoms with Gasteiger partial charge >= 0.3 is 0 Å². The van der Waals surface area contributed by atoms with E-state index in [1.807, 2.05) is 6.07 Å². The van der Waals surface area contributed by atoms with Crippen LogP contribution in [0.2, 0.25) is 0 Å². The predicted octanol–water partition coefficient (Wildman–Crippen LogP) is 15.0. The summed E-state index contributed by atoms with van der Waals surface area (Å²) in [4.78, 5) is 2.52. The van der Waals surface area contributed by atoms with Crippen LogP contribution in [-0.2, 0) is 10.8 Å². The van der Waals surface area contributed by atoms with Crippen molar-refractivity contribution < 1.29 is 4.42 Å². The number of hydrogen-bond acceptors (Lipinski definition) is 2. The minimum absolute atomic E-state index is 0.0549. The molecule has 9 aromatic rings. The van der Waals surface area contributed by atoms with E-state index in [-0.39, 0.29) is 10.8 Å². The van der Waals surface area contributed by atoms with E-state index in [4.69, 9.17) is 4.42 Å². The van der Waals surface area contributed by atoms with Gasteiger partial charge in [-0.25, -0.2) is 0 Å². The predicted molar refractivity (Wildman–Crippen MR) is 234 cm³/mol. The highest BCUT2D eigenvalue weighted by Gasteiger charge is 2.39. The molecule has 0 fully saturated rings. The van der Waals surface area contributed by atoms with Gasteiger partial charge < -0.3 is 9.32 Å². The van der Waals surface area contributed by atoms with Crippen molar-refractivity contribution in [2.45, 2.75) is 38.5 Å². The molecule has 0 amide bonds. The SMILES string of the molecule is CC1(C)c2ccccc2-c2cc(-c3ccccc3N(c3ccccc3-c3ccc4c(c3)oc3ccccc34)c3cccc4c3-c3ccccc3C4(C)C)ccc21. The molecular weight excluding hydrogens is 679 g/mol. The van der Waals surface area contributed by atoms with E-state index in [0.717, 1.165) is 50.1 Å². The zero-order valence-corrected chi connectivity index (χ0v) is 32.1. The average molecular weight is 720 g/mol. The number of rotatable bonds is 5. The maximum atomic E-state index is 6.45. The van der Waals surface area contributed by atoms with E-state index < -0.39 is 0 Å². The first-order valence-corrected chi connectivity index (χ1v) is 19.7. The molecule has 2 aliphatic carbocycles. The first-order chi connectivity index (χ1) is 27.3. The molecule has 0 spiro atoms. The number of nitrogens with zero attached hydrogens (tertiary/aromatic N) is 1. The summed E-state index contributed by atoms with van der Waals surface area (Å²) >= 11 is 0. The van der Waals surface area contributed by atoms with Gasteiger partial charge in [0.2, 0.25) is 0 Å². The van der Waals surface area contributed by atoms with E-state index in [9.17, 15) is 0 Å². The molecule has 1 heterocycles. The van der Waals surface area contributed by atoms with Gasteiger partial charge in [-0.1, -0.05) is 161 Å². The second-order valence-corrected chi connectivity index (χ2v) is 16.5. The Bertz CT molecular complexity index is 3050. The van der Waals surface area contributed by atoms with Crippen LogP contribution in [-0.4, -0.2) is 0 Å². The molecule has 0 saturated carbocycles. The summed E-state index contributed by atoms with van der Waals surface area (Å²) in [7, 11) is 0. The molecule has 56 heavy (non-hydrogen) atoms. The third-order valence-electron chi connectivity index (χ3n) is 12.7. The summed E-state index contributed by atoms with van der Waals surface area (Å²) in [6, 6.07) is 64.7. The molecule has 0 saturated heterocycles. The number of furan rings is 1. The van der Waals surface area contributed by atoms with Gasteiger partial charge in [-0.15, -0.1) is 0 Å². The van der Waals surface area contributed by atoms with Crippen LogP contribution in [0.4, 0.5) is 17.1 Å². The lowest BCUT2D eigenvalue weighted by atomic mass is 9.82. The van der Waals surface area contributed by atoms with Crippen LogP contribution < -0.4 is 4.90 Å². The zero-order valence-electron chi connectivity index (χ0n) is 32.1. The summed E-state index contributed by atoms with van der Waals surface area (Å²) in [6.07, 6.45) is 0. The molecule has 2 nitrogen and oxygen atoms in total. The average Bonchev–Trinajstić information content (AvgIpc) is 3.81. The van der Waals surface area contributed by atoms with Crippen LogP contribution in [0.25, 0.3) is 66.4 Å². The smallest absolute Gasteiger partial charge is 0.136 e. The normalized spacial score (nSPS) is 14.4. The maximum absolute atomic E-state index is 6.45. The Hall–Kier alpha value is -6.64. The Morgan fingerprint density at radius 2 is 0.857 bits per heavy atom. The molecule has 0 aliphatic heterocycles. The van der Waals surface area contributed by atoms with E-state index in [1.165, 1.54) is 55.6 Å². The molecule has 268 valence electrons. The molecule has 0 bridgehead atoms. The van der Waals surface area contributed by atoms with Crippen LogP contribution in [0.5, 0.6) is 0 Å². The van der Waals surface area contributed by atoms with E-state index >= 15 is 0 Å². The molecule has 8 aromatic carbocycles. The fourth-order valence-corrected chi connectivity index (χ4v) is 9.92. The fourth-order valence-electron chi connectivity index (χ4n) is 9.92. The van der Waals surface area contributed by atoms with Crippen LogP contribution in [0.3, 0.4) is 0 Å². The molecule has 2 aliphatic rings. The summed E-state index contributed by atoms with van der Waals surface area (Å²) in [6.45, 7) is 9.42. The van der Waals surface area contributed by atoms with Gasteiger partial charge in [0.1, 0.15) is 11.2 Å². The lowest BCUT2D eigenvalue weighted by Crippen LogP contribution is -2.16. The second-order valence-electron chi connectivity index (χ2n) is 16.5. The molecule has 1 aromatic heterocycles. The molecular formula is C54H41NO. The first kappa shape index (κ1) is 32.8. The minimum Gasteiger partial charge on any atom is -0.456 e. The highest BCUT2D eigenvalue weighted by Crippen LogP contribution is 2.56. The summed E-state index contributed by atoms with van der Waals surface area (Å²) in [5.41, 5.74) is 20.3. The highest BCUT2D eigenvalue weighted by atomic mass is 16.3. The largest absolute Gasteiger partial charge is 0.456 e. The van der Waals surface area contributed by atoms with Crippen LogP contribution in [0.15, 0.2) is 180 Å². The summed E-state index contributed by atoms with van der Waals surface area (Å²) < 4.78 is 6.45. The third kappa shape index (κ3) is 4.62.